The predicted molar refractivity (Wildman–Crippen MR) is 91.1 cm³/mol. The molecule has 0 bridgehead atoms. The van der Waals surface area contributed by atoms with E-state index in [9.17, 15) is 14.9 Å². The molecule has 0 atom stereocenters. The average molecular weight is 341 g/mol. The second-order valence-corrected chi connectivity index (χ2v) is 5.64. The number of hydrogen-bond acceptors (Lipinski definition) is 6. The molecule has 3 rings (SSSR count). The van der Waals surface area contributed by atoms with Crippen LogP contribution in [-0.2, 0) is 0 Å². The van der Waals surface area contributed by atoms with E-state index in [-0.39, 0.29) is 5.69 Å². The molecule has 24 heavy (non-hydrogen) atoms. The number of hydrogen-bond donors (Lipinski definition) is 2. The van der Waals surface area contributed by atoms with Crippen LogP contribution < -0.4 is 10.6 Å². The molecule has 2 amide bonds. The number of urea groups is 1. The van der Waals surface area contributed by atoms with Gasteiger partial charge >= 0.3 is 6.03 Å². The molecular formula is C15H11N5O3S. The van der Waals surface area contributed by atoms with Gasteiger partial charge in [-0.25, -0.2) is 4.79 Å². The summed E-state index contributed by atoms with van der Waals surface area (Å²) in [5.74, 6) is 0. The fourth-order valence-electron chi connectivity index (χ4n) is 1.92. The van der Waals surface area contributed by atoms with Gasteiger partial charge in [0.1, 0.15) is 5.01 Å². The molecular weight excluding hydrogens is 330 g/mol. The van der Waals surface area contributed by atoms with E-state index in [0.717, 1.165) is 11.3 Å². The lowest BCUT2D eigenvalue weighted by atomic mass is 10.2. The van der Waals surface area contributed by atoms with Gasteiger partial charge in [0.15, 0.2) is 0 Å². The smallest absolute Gasteiger partial charge is 0.308 e. The minimum absolute atomic E-state index is 0.0287. The van der Waals surface area contributed by atoms with Crippen LogP contribution in [0.15, 0.2) is 54.6 Å². The number of amides is 2. The normalized spacial score (nSPS) is 10.2. The molecule has 0 aliphatic heterocycles. The van der Waals surface area contributed by atoms with E-state index in [1.165, 1.54) is 12.1 Å². The maximum absolute atomic E-state index is 11.9. The number of rotatable bonds is 4. The molecule has 0 aliphatic rings. The van der Waals surface area contributed by atoms with E-state index in [1.807, 2.05) is 6.07 Å². The first-order chi connectivity index (χ1) is 11.6. The minimum Gasteiger partial charge on any atom is -0.308 e. The molecule has 0 radical (unpaired) electrons. The monoisotopic (exact) mass is 341 g/mol. The largest absolute Gasteiger partial charge is 0.325 e. The van der Waals surface area contributed by atoms with Gasteiger partial charge in [-0.1, -0.05) is 41.7 Å². The summed E-state index contributed by atoms with van der Waals surface area (Å²) in [5, 5.41) is 24.7. The summed E-state index contributed by atoms with van der Waals surface area (Å²) in [6.45, 7) is 0. The van der Waals surface area contributed by atoms with Crippen molar-refractivity contribution in [2.75, 3.05) is 10.6 Å². The summed E-state index contributed by atoms with van der Waals surface area (Å²) in [5.41, 5.74) is 1.19. The number of benzene rings is 2. The van der Waals surface area contributed by atoms with E-state index < -0.39 is 11.0 Å². The minimum atomic E-state index is -0.475. The molecule has 0 spiro atoms. The number of nitro benzene ring substituents is 1. The van der Waals surface area contributed by atoms with Crippen LogP contribution in [0.25, 0.3) is 10.6 Å². The lowest BCUT2D eigenvalue weighted by Gasteiger charge is -2.03. The lowest BCUT2D eigenvalue weighted by molar-refractivity contribution is -0.384. The molecule has 3 aromatic rings. The summed E-state index contributed by atoms with van der Waals surface area (Å²) in [6.07, 6.45) is 0. The van der Waals surface area contributed by atoms with E-state index >= 15 is 0 Å². The summed E-state index contributed by atoms with van der Waals surface area (Å²) < 4.78 is 0. The molecule has 0 saturated carbocycles. The van der Waals surface area contributed by atoms with Crippen LogP contribution in [0, 0.1) is 10.1 Å². The number of para-hydroxylation sites is 1. The third-order valence-electron chi connectivity index (χ3n) is 2.98. The van der Waals surface area contributed by atoms with Crippen molar-refractivity contribution in [3.05, 3.63) is 64.7 Å². The highest BCUT2D eigenvalue weighted by atomic mass is 32.1. The average Bonchev–Trinajstić information content (AvgIpc) is 3.04. The van der Waals surface area contributed by atoms with E-state index in [2.05, 4.69) is 20.8 Å². The van der Waals surface area contributed by atoms with Crippen molar-refractivity contribution in [2.45, 2.75) is 0 Å². The maximum atomic E-state index is 11.9. The first-order valence-corrected chi connectivity index (χ1v) is 7.65. The molecule has 9 heteroatoms. The number of aromatic nitrogens is 2. The Balaban J connectivity index is 1.70. The summed E-state index contributed by atoms with van der Waals surface area (Å²) in [7, 11) is 0. The van der Waals surface area contributed by atoms with Crippen molar-refractivity contribution in [1.29, 1.82) is 0 Å². The lowest BCUT2D eigenvalue weighted by Crippen LogP contribution is -2.19. The first kappa shape index (κ1) is 15.6. The van der Waals surface area contributed by atoms with Crippen LogP contribution in [0.2, 0.25) is 0 Å². The number of nitrogens with one attached hydrogen (secondary N) is 2. The Hall–Kier alpha value is -3.33. The van der Waals surface area contributed by atoms with Crippen LogP contribution in [0.3, 0.4) is 0 Å². The number of nitrogens with zero attached hydrogens (tertiary/aromatic N) is 3. The Bertz CT molecular complexity index is 882. The highest BCUT2D eigenvalue weighted by Crippen LogP contribution is 2.28. The third kappa shape index (κ3) is 3.70. The van der Waals surface area contributed by atoms with Crippen molar-refractivity contribution < 1.29 is 9.72 Å². The second kappa shape index (κ2) is 6.84. The van der Waals surface area contributed by atoms with Crippen LogP contribution in [0.5, 0.6) is 0 Å². The molecule has 120 valence electrons. The van der Waals surface area contributed by atoms with E-state index in [0.29, 0.717) is 21.4 Å². The van der Waals surface area contributed by atoms with Crippen LogP contribution in [0.1, 0.15) is 0 Å². The van der Waals surface area contributed by atoms with Crippen molar-refractivity contribution in [1.82, 2.24) is 10.2 Å². The van der Waals surface area contributed by atoms with Gasteiger partial charge in [0.05, 0.1) is 4.92 Å². The van der Waals surface area contributed by atoms with Gasteiger partial charge in [-0.2, -0.15) is 0 Å². The van der Waals surface area contributed by atoms with Crippen LogP contribution >= 0.6 is 11.3 Å². The number of non-ortho nitro benzene ring substituents is 1. The van der Waals surface area contributed by atoms with Gasteiger partial charge in [0.25, 0.3) is 5.69 Å². The molecule has 2 N–H and O–H groups in total. The van der Waals surface area contributed by atoms with Gasteiger partial charge < -0.3 is 5.32 Å². The Kier molecular flexibility index (Phi) is 4.43. The summed E-state index contributed by atoms with van der Waals surface area (Å²) >= 11 is 1.13. The van der Waals surface area contributed by atoms with Crippen molar-refractivity contribution in [3.8, 4) is 10.6 Å². The molecule has 0 unspecified atom stereocenters. The molecule has 2 aromatic carbocycles. The number of carbonyl (C=O) groups is 1. The third-order valence-corrected chi connectivity index (χ3v) is 3.87. The van der Waals surface area contributed by atoms with Crippen LogP contribution in [0.4, 0.5) is 21.3 Å². The molecule has 1 aromatic heterocycles. The Labute approximate surface area is 140 Å². The zero-order valence-electron chi connectivity index (χ0n) is 12.2. The molecule has 0 fully saturated rings. The van der Waals surface area contributed by atoms with Crippen molar-refractivity contribution in [3.63, 3.8) is 0 Å². The Morgan fingerprint density at radius 1 is 1.04 bits per heavy atom. The topological polar surface area (TPSA) is 110 Å². The number of nitro groups is 1. The van der Waals surface area contributed by atoms with Gasteiger partial charge in [-0.05, 0) is 12.1 Å². The molecule has 0 aliphatic carbocycles. The summed E-state index contributed by atoms with van der Waals surface area (Å²) in [6, 6.07) is 14.6. The van der Waals surface area contributed by atoms with E-state index in [1.54, 1.807) is 36.4 Å². The van der Waals surface area contributed by atoms with Gasteiger partial charge in [0, 0.05) is 23.4 Å². The fourth-order valence-corrected chi connectivity index (χ4v) is 2.66. The molecule has 1 heterocycles. The zero-order valence-corrected chi connectivity index (χ0v) is 13.0. The van der Waals surface area contributed by atoms with Gasteiger partial charge in [-0.15, -0.1) is 10.2 Å². The predicted octanol–water partition coefficient (Wildman–Crippen LogP) is 3.76. The number of carbonyl (C=O) groups excluding carboxylic acids is 1. The second-order valence-electron chi connectivity index (χ2n) is 4.66. The maximum Gasteiger partial charge on any atom is 0.325 e. The Morgan fingerprint density at radius 3 is 2.58 bits per heavy atom. The van der Waals surface area contributed by atoms with Gasteiger partial charge in [-0.3, -0.25) is 15.4 Å². The van der Waals surface area contributed by atoms with Crippen LogP contribution in [-0.4, -0.2) is 21.2 Å². The van der Waals surface area contributed by atoms with Crippen molar-refractivity contribution >= 4 is 33.9 Å². The molecule has 0 saturated heterocycles. The number of anilines is 2. The zero-order chi connectivity index (χ0) is 16.9. The standard InChI is InChI=1S/C15H11N5O3S/c21-14(16-11-6-2-1-3-7-11)17-15-19-18-13(24-15)10-5-4-8-12(9-10)20(22)23/h1-9H,(H2,16,17,19,21). The van der Waals surface area contributed by atoms with E-state index in [4.69, 9.17) is 0 Å². The SMILES string of the molecule is O=C(Nc1ccccc1)Nc1nnc(-c2cccc([N+](=O)[O-])c2)s1. The Morgan fingerprint density at radius 2 is 1.83 bits per heavy atom. The highest BCUT2D eigenvalue weighted by molar-refractivity contribution is 7.18. The molecule has 8 nitrogen and oxygen atoms in total. The highest BCUT2D eigenvalue weighted by Gasteiger charge is 2.12. The first-order valence-electron chi connectivity index (χ1n) is 6.83. The quantitative estimate of drug-likeness (QED) is 0.554. The van der Waals surface area contributed by atoms with Crippen molar-refractivity contribution in [2.24, 2.45) is 0 Å². The summed E-state index contributed by atoms with van der Waals surface area (Å²) in [4.78, 5) is 22.2. The fraction of sp³-hybridized carbons (Fsp3) is 0. The van der Waals surface area contributed by atoms with Gasteiger partial charge in [0.2, 0.25) is 5.13 Å².